The van der Waals surface area contributed by atoms with Crippen LogP contribution in [0.15, 0.2) is 42.7 Å². The van der Waals surface area contributed by atoms with Gasteiger partial charge in [-0.2, -0.15) is 0 Å². The molecule has 3 rings (SSSR count). The van der Waals surface area contributed by atoms with E-state index < -0.39 is 0 Å². The minimum absolute atomic E-state index is 0.0402. The van der Waals surface area contributed by atoms with Gasteiger partial charge in [0, 0.05) is 37.0 Å². The topological polar surface area (TPSA) is 54.0 Å². The number of halogens is 1. The third kappa shape index (κ3) is 2.60. The molecular weight excluding hydrogens is 274 g/mol. The minimum atomic E-state index is -0.0402. The molecule has 5 heteroatoms. The van der Waals surface area contributed by atoms with Crippen molar-refractivity contribution in [2.24, 2.45) is 0 Å². The Kier molecular flexibility index (Phi) is 3.56. The second-order valence-electron chi connectivity index (χ2n) is 4.77. The number of hydrogen-bond acceptors (Lipinski definition) is 3. The first kappa shape index (κ1) is 12.9. The second-order valence-corrected chi connectivity index (χ2v) is 5.18. The molecule has 1 atom stereocenters. The minimum Gasteiger partial charge on any atom is -0.384 e. The van der Waals surface area contributed by atoms with Crippen LogP contribution in [0.2, 0.25) is 5.02 Å². The first-order valence-corrected chi connectivity index (χ1v) is 6.84. The fraction of sp³-hybridized carbons (Fsp3) is 0.200. The van der Waals surface area contributed by atoms with Gasteiger partial charge in [-0.05, 0) is 17.7 Å². The molecule has 2 heterocycles. The van der Waals surface area contributed by atoms with Crippen molar-refractivity contribution in [2.75, 3.05) is 17.2 Å². The number of amides is 1. The van der Waals surface area contributed by atoms with E-state index in [2.05, 4.69) is 21.7 Å². The molecular formula is C15H14ClN3O. The lowest BCUT2D eigenvalue weighted by Gasteiger charge is -2.11. The van der Waals surface area contributed by atoms with Crippen molar-refractivity contribution < 1.29 is 4.79 Å². The normalized spacial score (nSPS) is 16.4. The number of carbonyl (C=O) groups excluding carboxylic acids is 1. The summed E-state index contributed by atoms with van der Waals surface area (Å²) >= 11 is 5.98. The number of hydrogen-bond donors (Lipinski definition) is 2. The number of carbonyl (C=O) groups is 1. The summed E-state index contributed by atoms with van der Waals surface area (Å²) in [5, 5.41) is 6.59. The maximum absolute atomic E-state index is 12.1. The Morgan fingerprint density at radius 3 is 3.10 bits per heavy atom. The predicted octanol–water partition coefficient (Wildman–Crippen LogP) is 3.27. The summed E-state index contributed by atoms with van der Waals surface area (Å²) in [5.41, 5.74) is 2.92. The Balaban J connectivity index is 1.68. The number of aromatic nitrogens is 1. The lowest BCUT2D eigenvalue weighted by molar-refractivity contribution is -0.116. The fourth-order valence-electron chi connectivity index (χ4n) is 2.44. The van der Waals surface area contributed by atoms with Gasteiger partial charge in [0.1, 0.15) is 0 Å². The van der Waals surface area contributed by atoms with Crippen LogP contribution in [-0.2, 0) is 4.79 Å². The SMILES string of the molecule is O=C(CC1CNc2ccccc21)Nc1ccncc1Cl. The second kappa shape index (κ2) is 5.51. The summed E-state index contributed by atoms with van der Waals surface area (Å²) in [6, 6.07) is 9.78. The highest BCUT2D eigenvalue weighted by atomic mass is 35.5. The van der Waals surface area contributed by atoms with E-state index in [9.17, 15) is 4.79 Å². The average Bonchev–Trinajstić information content (AvgIpc) is 2.85. The van der Waals surface area contributed by atoms with Crippen molar-refractivity contribution in [3.8, 4) is 0 Å². The van der Waals surface area contributed by atoms with Crippen molar-refractivity contribution in [3.05, 3.63) is 53.3 Å². The van der Waals surface area contributed by atoms with Gasteiger partial charge in [0.2, 0.25) is 5.91 Å². The van der Waals surface area contributed by atoms with Gasteiger partial charge in [0.25, 0.3) is 0 Å². The van der Waals surface area contributed by atoms with Crippen LogP contribution in [0.3, 0.4) is 0 Å². The molecule has 1 aromatic heterocycles. The highest BCUT2D eigenvalue weighted by Gasteiger charge is 2.24. The van der Waals surface area contributed by atoms with E-state index in [0.29, 0.717) is 17.1 Å². The van der Waals surface area contributed by atoms with Gasteiger partial charge < -0.3 is 10.6 Å². The number of rotatable bonds is 3. The number of nitrogens with one attached hydrogen (secondary N) is 2. The smallest absolute Gasteiger partial charge is 0.225 e. The highest BCUT2D eigenvalue weighted by molar-refractivity contribution is 6.33. The molecule has 0 aliphatic carbocycles. The number of para-hydroxylation sites is 1. The van der Waals surface area contributed by atoms with Crippen molar-refractivity contribution in [2.45, 2.75) is 12.3 Å². The average molecular weight is 288 g/mol. The monoisotopic (exact) mass is 287 g/mol. The third-order valence-corrected chi connectivity index (χ3v) is 3.72. The number of fused-ring (bicyclic) bond motifs is 1. The molecule has 2 N–H and O–H groups in total. The Labute approximate surface area is 122 Å². The summed E-state index contributed by atoms with van der Waals surface area (Å²) in [7, 11) is 0. The van der Waals surface area contributed by atoms with E-state index in [4.69, 9.17) is 11.6 Å². The molecule has 1 aromatic carbocycles. The number of benzene rings is 1. The molecule has 2 aromatic rings. The quantitative estimate of drug-likeness (QED) is 0.911. The van der Waals surface area contributed by atoms with Crippen molar-refractivity contribution in [1.29, 1.82) is 0 Å². The van der Waals surface area contributed by atoms with Crippen molar-refractivity contribution in [3.63, 3.8) is 0 Å². The van der Waals surface area contributed by atoms with Crippen molar-refractivity contribution in [1.82, 2.24) is 4.98 Å². The van der Waals surface area contributed by atoms with Crippen LogP contribution in [0.25, 0.3) is 0 Å². The zero-order valence-corrected chi connectivity index (χ0v) is 11.5. The molecule has 102 valence electrons. The zero-order chi connectivity index (χ0) is 13.9. The van der Waals surface area contributed by atoms with E-state index in [1.54, 1.807) is 12.3 Å². The van der Waals surface area contributed by atoms with Crippen LogP contribution < -0.4 is 10.6 Å². The van der Waals surface area contributed by atoms with Crippen LogP contribution in [0, 0.1) is 0 Å². The molecule has 1 aliphatic heterocycles. The van der Waals surface area contributed by atoms with Gasteiger partial charge in [0.05, 0.1) is 10.7 Å². The summed E-state index contributed by atoms with van der Waals surface area (Å²) < 4.78 is 0. The van der Waals surface area contributed by atoms with E-state index in [1.165, 1.54) is 11.8 Å². The third-order valence-electron chi connectivity index (χ3n) is 3.42. The largest absolute Gasteiger partial charge is 0.384 e. The first-order valence-electron chi connectivity index (χ1n) is 6.46. The first-order chi connectivity index (χ1) is 9.74. The molecule has 0 fully saturated rings. The Morgan fingerprint density at radius 2 is 2.25 bits per heavy atom. The Bertz CT molecular complexity index is 645. The van der Waals surface area contributed by atoms with E-state index >= 15 is 0 Å². The summed E-state index contributed by atoms with van der Waals surface area (Å²) in [6.45, 7) is 0.789. The molecule has 1 aliphatic rings. The molecule has 1 unspecified atom stereocenters. The Morgan fingerprint density at radius 1 is 1.40 bits per heavy atom. The summed E-state index contributed by atoms with van der Waals surface area (Å²) in [5.74, 6) is 0.161. The molecule has 0 saturated heterocycles. The van der Waals surface area contributed by atoms with Gasteiger partial charge in [-0.1, -0.05) is 29.8 Å². The maximum atomic E-state index is 12.1. The molecule has 20 heavy (non-hydrogen) atoms. The highest BCUT2D eigenvalue weighted by Crippen LogP contribution is 2.33. The standard InChI is InChI=1S/C15H14ClN3O/c16-12-9-17-6-5-14(12)19-15(20)7-10-8-18-13-4-2-1-3-11(10)13/h1-6,9-10,18H,7-8H2,(H,17,19,20). The number of pyridine rings is 1. The molecule has 0 radical (unpaired) electrons. The van der Waals surface area contributed by atoms with E-state index in [1.807, 2.05) is 18.2 Å². The van der Waals surface area contributed by atoms with Crippen LogP contribution in [-0.4, -0.2) is 17.4 Å². The van der Waals surface area contributed by atoms with Gasteiger partial charge in [-0.25, -0.2) is 0 Å². The Hall–Kier alpha value is -2.07. The van der Waals surface area contributed by atoms with E-state index in [0.717, 1.165) is 12.2 Å². The zero-order valence-electron chi connectivity index (χ0n) is 10.8. The van der Waals surface area contributed by atoms with Gasteiger partial charge in [-0.3, -0.25) is 9.78 Å². The summed E-state index contributed by atoms with van der Waals surface area (Å²) in [4.78, 5) is 16.0. The van der Waals surface area contributed by atoms with Crippen LogP contribution in [0.1, 0.15) is 17.9 Å². The van der Waals surface area contributed by atoms with Gasteiger partial charge in [-0.15, -0.1) is 0 Å². The molecule has 1 amide bonds. The lowest BCUT2D eigenvalue weighted by Crippen LogP contribution is -2.17. The van der Waals surface area contributed by atoms with Crippen LogP contribution in [0.4, 0.5) is 11.4 Å². The molecule has 4 nitrogen and oxygen atoms in total. The maximum Gasteiger partial charge on any atom is 0.225 e. The fourth-order valence-corrected chi connectivity index (χ4v) is 2.61. The number of anilines is 2. The molecule has 0 saturated carbocycles. The van der Waals surface area contributed by atoms with E-state index in [-0.39, 0.29) is 11.8 Å². The summed E-state index contributed by atoms with van der Waals surface area (Å²) in [6.07, 6.45) is 3.56. The van der Waals surface area contributed by atoms with Gasteiger partial charge >= 0.3 is 0 Å². The molecule has 0 spiro atoms. The van der Waals surface area contributed by atoms with Crippen LogP contribution >= 0.6 is 11.6 Å². The molecule has 0 bridgehead atoms. The van der Waals surface area contributed by atoms with Crippen LogP contribution in [0.5, 0.6) is 0 Å². The lowest BCUT2D eigenvalue weighted by atomic mass is 9.97. The van der Waals surface area contributed by atoms with Crippen molar-refractivity contribution >= 4 is 28.9 Å². The number of nitrogens with zero attached hydrogens (tertiary/aromatic N) is 1. The van der Waals surface area contributed by atoms with Gasteiger partial charge in [0.15, 0.2) is 0 Å². The predicted molar refractivity (Wildman–Crippen MR) is 80.2 cm³/mol.